The molecular formula is C25H42O6. The van der Waals surface area contributed by atoms with Crippen molar-refractivity contribution in [1.82, 2.24) is 0 Å². The van der Waals surface area contributed by atoms with E-state index in [9.17, 15) is 14.4 Å². The summed E-state index contributed by atoms with van der Waals surface area (Å²) in [6.07, 6.45) is 13.3. The molecule has 1 rings (SSSR count). The van der Waals surface area contributed by atoms with Gasteiger partial charge in [0, 0.05) is 6.08 Å². The molecule has 0 aliphatic heterocycles. The van der Waals surface area contributed by atoms with Gasteiger partial charge in [0.05, 0.1) is 19.1 Å². The van der Waals surface area contributed by atoms with Crippen LogP contribution in [0.5, 0.6) is 0 Å². The Balaban J connectivity index is 2.47. The van der Waals surface area contributed by atoms with Crippen molar-refractivity contribution in [3.05, 3.63) is 12.7 Å². The van der Waals surface area contributed by atoms with Crippen LogP contribution in [0.3, 0.4) is 0 Å². The monoisotopic (exact) mass is 438 g/mol. The van der Waals surface area contributed by atoms with E-state index < -0.39 is 17.5 Å². The number of esters is 3. The molecule has 0 atom stereocenters. The number of carbonyl (C=O) groups excluding carboxylic acids is 3. The zero-order chi connectivity index (χ0) is 23.0. The molecule has 1 aliphatic rings. The highest BCUT2D eigenvalue weighted by Crippen LogP contribution is 2.37. The normalized spacial score (nSPS) is 20.6. The average molecular weight is 439 g/mol. The van der Waals surface area contributed by atoms with Crippen molar-refractivity contribution in [3.63, 3.8) is 0 Å². The van der Waals surface area contributed by atoms with Crippen LogP contribution in [0.15, 0.2) is 12.7 Å². The van der Waals surface area contributed by atoms with Gasteiger partial charge in [-0.1, -0.05) is 71.8 Å². The third kappa shape index (κ3) is 10.3. The van der Waals surface area contributed by atoms with Gasteiger partial charge in [-0.3, -0.25) is 4.79 Å². The van der Waals surface area contributed by atoms with E-state index in [2.05, 4.69) is 20.4 Å². The van der Waals surface area contributed by atoms with Crippen LogP contribution in [0.1, 0.15) is 104 Å². The molecule has 0 aromatic carbocycles. The van der Waals surface area contributed by atoms with Gasteiger partial charge in [0.1, 0.15) is 0 Å². The van der Waals surface area contributed by atoms with Gasteiger partial charge in [0.2, 0.25) is 5.60 Å². The fourth-order valence-electron chi connectivity index (χ4n) is 3.90. The van der Waals surface area contributed by atoms with Crippen molar-refractivity contribution in [1.29, 1.82) is 0 Å². The summed E-state index contributed by atoms with van der Waals surface area (Å²) in [7, 11) is 0. The predicted octanol–water partition coefficient (Wildman–Crippen LogP) is 5.67. The first-order valence-corrected chi connectivity index (χ1v) is 12.2. The average Bonchev–Trinajstić information content (AvgIpc) is 2.78. The second-order valence-corrected chi connectivity index (χ2v) is 8.53. The quantitative estimate of drug-likeness (QED) is 0.134. The molecule has 0 heterocycles. The SMILES string of the molecule is C=CC(=O)OC1(C(=O)OCCCCCC)CCC(C(=O)OCCCCCCCC)CC1. The lowest BCUT2D eigenvalue weighted by Gasteiger charge is -2.36. The Labute approximate surface area is 188 Å². The second kappa shape index (κ2) is 15.9. The Morgan fingerprint density at radius 1 is 0.839 bits per heavy atom. The van der Waals surface area contributed by atoms with Crippen LogP contribution in [-0.2, 0) is 28.6 Å². The maximum absolute atomic E-state index is 12.7. The van der Waals surface area contributed by atoms with E-state index in [1.165, 1.54) is 25.7 Å². The van der Waals surface area contributed by atoms with Gasteiger partial charge in [0.15, 0.2) is 0 Å². The lowest BCUT2D eigenvalue weighted by molar-refractivity contribution is -0.186. The maximum atomic E-state index is 12.7. The highest BCUT2D eigenvalue weighted by Gasteiger charge is 2.48. The Kier molecular flexibility index (Phi) is 13.9. The van der Waals surface area contributed by atoms with Crippen LogP contribution in [0.2, 0.25) is 0 Å². The first kappa shape index (κ1) is 27.2. The minimum Gasteiger partial charge on any atom is -0.465 e. The molecule has 0 saturated heterocycles. The first-order valence-electron chi connectivity index (χ1n) is 12.2. The lowest BCUT2D eigenvalue weighted by atomic mass is 9.78. The standard InChI is InChI=1S/C25H42O6/c1-4-7-9-11-12-14-19-29-23(27)21-15-17-25(18-16-21,31-22(26)6-3)24(28)30-20-13-10-8-5-2/h6,21H,3-5,7-20H2,1-2H3. The molecule has 0 aromatic rings. The van der Waals surface area contributed by atoms with Gasteiger partial charge in [0.25, 0.3) is 0 Å². The fourth-order valence-corrected chi connectivity index (χ4v) is 3.90. The Hall–Kier alpha value is -1.85. The summed E-state index contributed by atoms with van der Waals surface area (Å²) in [5.41, 5.74) is -1.33. The molecule has 0 bridgehead atoms. The molecule has 0 unspecified atom stereocenters. The van der Waals surface area contributed by atoms with Gasteiger partial charge in [-0.2, -0.15) is 0 Å². The van der Waals surface area contributed by atoms with E-state index >= 15 is 0 Å². The number of carbonyl (C=O) groups is 3. The number of unbranched alkanes of at least 4 members (excludes halogenated alkanes) is 8. The van der Waals surface area contributed by atoms with E-state index in [0.29, 0.717) is 26.1 Å². The zero-order valence-corrected chi connectivity index (χ0v) is 19.6. The van der Waals surface area contributed by atoms with Gasteiger partial charge in [-0.05, 0) is 38.5 Å². The summed E-state index contributed by atoms with van der Waals surface area (Å²) < 4.78 is 16.3. The molecule has 0 aromatic heterocycles. The number of hydrogen-bond donors (Lipinski definition) is 0. The van der Waals surface area contributed by atoms with Gasteiger partial charge in [-0.25, -0.2) is 9.59 Å². The molecule has 6 nitrogen and oxygen atoms in total. The zero-order valence-electron chi connectivity index (χ0n) is 19.6. The van der Waals surface area contributed by atoms with E-state index in [1.54, 1.807) is 0 Å². The fraction of sp³-hybridized carbons (Fsp3) is 0.800. The molecule has 178 valence electrons. The van der Waals surface area contributed by atoms with E-state index in [0.717, 1.165) is 44.6 Å². The molecule has 1 aliphatic carbocycles. The van der Waals surface area contributed by atoms with Gasteiger partial charge < -0.3 is 14.2 Å². The summed E-state index contributed by atoms with van der Waals surface area (Å²) >= 11 is 0. The largest absolute Gasteiger partial charge is 0.465 e. The van der Waals surface area contributed by atoms with Crippen LogP contribution < -0.4 is 0 Å². The van der Waals surface area contributed by atoms with Crippen molar-refractivity contribution in [2.75, 3.05) is 13.2 Å². The third-order valence-electron chi connectivity index (χ3n) is 5.93. The van der Waals surface area contributed by atoms with Crippen LogP contribution in [-0.4, -0.2) is 36.7 Å². The van der Waals surface area contributed by atoms with Crippen molar-refractivity contribution >= 4 is 17.9 Å². The molecule has 0 N–H and O–H groups in total. The molecule has 0 amide bonds. The molecular weight excluding hydrogens is 396 g/mol. The number of ether oxygens (including phenoxy) is 3. The van der Waals surface area contributed by atoms with Crippen molar-refractivity contribution < 1.29 is 28.6 Å². The van der Waals surface area contributed by atoms with Crippen molar-refractivity contribution in [3.8, 4) is 0 Å². The van der Waals surface area contributed by atoms with Crippen LogP contribution in [0, 0.1) is 5.92 Å². The highest BCUT2D eigenvalue weighted by molar-refractivity contribution is 5.88. The summed E-state index contributed by atoms with van der Waals surface area (Å²) in [6, 6.07) is 0. The van der Waals surface area contributed by atoms with Gasteiger partial charge in [-0.15, -0.1) is 0 Å². The van der Waals surface area contributed by atoms with E-state index in [1.807, 2.05) is 0 Å². The van der Waals surface area contributed by atoms with Crippen LogP contribution >= 0.6 is 0 Å². The molecule has 0 spiro atoms. The Bertz CT molecular complexity index is 548. The topological polar surface area (TPSA) is 78.9 Å². The Morgan fingerprint density at radius 3 is 1.94 bits per heavy atom. The molecule has 31 heavy (non-hydrogen) atoms. The predicted molar refractivity (Wildman–Crippen MR) is 120 cm³/mol. The molecule has 1 fully saturated rings. The first-order chi connectivity index (χ1) is 15.0. The molecule has 6 heteroatoms. The number of rotatable bonds is 16. The summed E-state index contributed by atoms with van der Waals surface area (Å²) in [4.78, 5) is 37.0. The van der Waals surface area contributed by atoms with Crippen LogP contribution in [0.25, 0.3) is 0 Å². The minimum absolute atomic E-state index is 0.217. The highest BCUT2D eigenvalue weighted by atomic mass is 16.6. The van der Waals surface area contributed by atoms with E-state index in [4.69, 9.17) is 14.2 Å². The second-order valence-electron chi connectivity index (χ2n) is 8.53. The molecule has 1 saturated carbocycles. The van der Waals surface area contributed by atoms with Crippen LogP contribution in [0.4, 0.5) is 0 Å². The summed E-state index contributed by atoms with van der Waals surface area (Å²) in [6.45, 7) is 8.48. The number of hydrogen-bond acceptors (Lipinski definition) is 6. The summed E-state index contributed by atoms with van der Waals surface area (Å²) in [5.74, 6) is -1.65. The van der Waals surface area contributed by atoms with Gasteiger partial charge >= 0.3 is 17.9 Å². The smallest absolute Gasteiger partial charge is 0.350 e. The third-order valence-corrected chi connectivity index (χ3v) is 5.93. The molecule has 0 radical (unpaired) electrons. The lowest BCUT2D eigenvalue weighted by Crippen LogP contribution is -2.48. The Morgan fingerprint density at radius 2 is 1.35 bits per heavy atom. The van der Waals surface area contributed by atoms with Crippen molar-refractivity contribution in [2.24, 2.45) is 5.92 Å². The summed E-state index contributed by atoms with van der Waals surface area (Å²) in [5, 5.41) is 0. The maximum Gasteiger partial charge on any atom is 0.350 e. The van der Waals surface area contributed by atoms with E-state index in [-0.39, 0.29) is 24.7 Å². The minimum atomic E-state index is -1.33. The van der Waals surface area contributed by atoms with Crippen molar-refractivity contribution in [2.45, 2.75) is 109 Å².